The molecule has 0 fully saturated rings. The van der Waals surface area contributed by atoms with Crippen molar-refractivity contribution in [3.05, 3.63) is 64.4 Å². The number of aromatic nitrogens is 3. The number of nitrogens with zero attached hydrogens (tertiary/aromatic N) is 3. The molecular weight excluding hydrogens is 353 g/mol. The molecule has 0 atom stereocenters. The Hall–Kier alpha value is -1.69. The summed E-state index contributed by atoms with van der Waals surface area (Å²) >= 11 is 13.6. The van der Waals surface area contributed by atoms with Gasteiger partial charge in [-0.2, -0.15) is 0 Å². The molecule has 3 rings (SSSR count). The van der Waals surface area contributed by atoms with Gasteiger partial charge in [-0.15, -0.1) is 10.2 Å². The molecule has 3 aromatic rings. The van der Waals surface area contributed by atoms with Crippen molar-refractivity contribution >= 4 is 35.0 Å². The minimum Gasteiger partial charge on any atom is -0.497 e. The monoisotopic (exact) mass is 365 g/mol. The SMILES string of the molecule is COc1ccc(-n2cnnc2SCc2ccc(Cl)c(Cl)c2)cc1. The van der Waals surface area contributed by atoms with Crippen LogP contribution in [-0.4, -0.2) is 21.9 Å². The van der Waals surface area contributed by atoms with Gasteiger partial charge in [0, 0.05) is 11.4 Å². The van der Waals surface area contributed by atoms with E-state index in [4.69, 9.17) is 27.9 Å². The second-order valence-corrected chi connectivity index (χ2v) is 6.48. The van der Waals surface area contributed by atoms with Crippen LogP contribution in [0.4, 0.5) is 0 Å². The Bertz CT molecular complexity index is 805. The highest BCUT2D eigenvalue weighted by Gasteiger charge is 2.08. The lowest BCUT2D eigenvalue weighted by Crippen LogP contribution is -1.95. The van der Waals surface area contributed by atoms with Crippen LogP contribution >= 0.6 is 35.0 Å². The highest BCUT2D eigenvalue weighted by atomic mass is 35.5. The van der Waals surface area contributed by atoms with Crippen molar-refractivity contribution in [2.75, 3.05) is 7.11 Å². The maximum absolute atomic E-state index is 6.04. The van der Waals surface area contributed by atoms with E-state index < -0.39 is 0 Å². The molecule has 23 heavy (non-hydrogen) atoms. The minimum absolute atomic E-state index is 0.557. The molecule has 0 N–H and O–H groups in total. The number of hydrogen-bond donors (Lipinski definition) is 0. The maximum Gasteiger partial charge on any atom is 0.195 e. The van der Waals surface area contributed by atoms with Crippen molar-refractivity contribution in [1.82, 2.24) is 14.8 Å². The smallest absolute Gasteiger partial charge is 0.195 e. The molecule has 0 radical (unpaired) electrons. The highest BCUT2D eigenvalue weighted by Crippen LogP contribution is 2.28. The minimum atomic E-state index is 0.557. The standard InChI is InChI=1S/C16H13Cl2N3OS/c1-22-13-5-3-12(4-6-13)21-10-19-20-16(21)23-9-11-2-7-14(17)15(18)8-11/h2-8,10H,9H2,1H3. The first kappa shape index (κ1) is 16.2. The van der Waals surface area contributed by atoms with Crippen molar-refractivity contribution in [3.8, 4) is 11.4 Å². The van der Waals surface area contributed by atoms with Crippen molar-refractivity contribution in [2.24, 2.45) is 0 Å². The third-order valence-electron chi connectivity index (χ3n) is 3.22. The summed E-state index contributed by atoms with van der Waals surface area (Å²) in [5.74, 6) is 1.54. The molecule has 0 spiro atoms. The van der Waals surface area contributed by atoms with E-state index in [0.29, 0.717) is 10.0 Å². The van der Waals surface area contributed by atoms with Gasteiger partial charge in [0.2, 0.25) is 0 Å². The number of thioether (sulfide) groups is 1. The molecule has 0 bridgehead atoms. The lowest BCUT2D eigenvalue weighted by atomic mass is 10.2. The Balaban J connectivity index is 1.76. The van der Waals surface area contributed by atoms with E-state index >= 15 is 0 Å². The van der Waals surface area contributed by atoms with Crippen LogP contribution < -0.4 is 4.74 Å². The molecule has 0 aliphatic carbocycles. The molecule has 0 saturated heterocycles. The molecule has 0 saturated carbocycles. The summed E-state index contributed by atoms with van der Waals surface area (Å²) in [5.41, 5.74) is 2.06. The molecule has 7 heteroatoms. The quantitative estimate of drug-likeness (QED) is 0.604. The molecule has 1 aromatic heterocycles. The Morgan fingerprint density at radius 3 is 2.57 bits per heavy atom. The number of benzene rings is 2. The third-order valence-corrected chi connectivity index (χ3v) is 4.97. The normalized spacial score (nSPS) is 10.7. The van der Waals surface area contributed by atoms with Gasteiger partial charge in [0.1, 0.15) is 12.1 Å². The van der Waals surface area contributed by atoms with Crippen LogP contribution in [0.2, 0.25) is 10.0 Å². The van der Waals surface area contributed by atoms with E-state index in [-0.39, 0.29) is 0 Å². The lowest BCUT2D eigenvalue weighted by molar-refractivity contribution is 0.414. The topological polar surface area (TPSA) is 39.9 Å². The highest BCUT2D eigenvalue weighted by molar-refractivity contribution is 7.98. The largest absolute Gasteiger partial charge is 0.497 e. The van der Waals surface area contributed by atoms with E-state index in [0.717, 1.165) is 27.9 Å². The molecular formula is C16H13Cl2N3OS. The molecule has 0 aliphatic rings. The predicted molar refractivity (Wildman–Crippen MR) is 93.9 cm³/mol. The Kier molecular flexibility index (Phi) is 5.10. The first-order chi connectivity index (χ1) is 11.2. The Labute approximate surface area is 148 Å². The number of halogens is 2. The van der Waals surface area contributed by atoms with Crippen LogP contribution in [-0.2, 0) is 5.75 Å². The van der Waals surface area contributed by atoms with Crippen LogP contribution in [0.5, 0.6) is 5.75 Å². The van der Waals surface area contributed by atoms with E-state index in [1.807, 2.05) is 41.0 Å². The van der Waals surface area contributed by atoms with E-state index in [1.54, 1.807) is 31.3 Å². The van der Waals surface area contributed by atoms with E-state index in [2.05, 4.69) is 10.2 Å². The second-order valence-electron chi connectivity index (χ2n) is 4.72. The van der Waals surface area contributed by atoms with Gasteiger partial charge in [0.15, 0.2) is 5.16 Å². The van der Waals surface area contributed by atoms with Crippen molar-refractivity contribution in [1.29, 1.82) is 0 Å². The fourth-order valence-electron chi connectivity index (χ4n) is 2.02. The average molecular weight is 366 g/mol. The molecule has 0 amide bonds. The van der Waals surface area contributed by atoms with Gasteiger partial charge < -0.3 is 4.74 Å². The zero-order valence-electron chi connectivity index (χ0n) is 12.2. The fourth-order valence-corrected chi connectivity index (χ4v) is 3.21. The van der Waals surface area contributed by atoms with E-state index in [9.17, 15) is 0 Å². The third kappa shape index (κ3) is 3.80. The van der Waals surface area contributed by atoms with Crippen molar-refractivity contribution < 1.29 is 4.74 Å². The predicted octanol–water partition coefficient (Wildman–Crippen LogP) is 4.88. The van der Waals surface area contributed by atoms with Crippen LogP contribution in [0.3, 0.4) is 0 Å². The molecule has 2 aromatic carbocycles. The van der Waals surface area contributed by atoms with Crippen LogP contribution in [0, 0.1) is 0 Å². The average Bonchev–Trinajstić information content (AvgIpc) is 3.04. The van der Waals surface area contributed by atoms with Gasteiger partial charge in [0.25, 0.3) is 0 Å². The summed E-state index contributed by atoms with van der Waals surface area (Å²) in [5, 5.41) is 10.1. The van der Waals surface area contributed by atoms with Gasteiger partial charge >= 0.3 is 0 Å². The number of methoxy groups -OCH3 is 1. The van der Waals surface area contributed by atoms with Gasteiger partial charge in [-0.1, -0.05) is 41.0 Å². The fraction of sp³-hybridized carbons (Fsp3) is 0.125. The molecule has 1 heterocycles. The first-order valence-electron chi connectivity index (χ1n) is 6.78. The molecule has 0 unspecified atom stereocenters. The summed E-state index contributed by atoms with van der Waals surface area (Å²) in [6.45, 7) is 0. The lowest BCUT2D eigenvalue weighted by Gasteiger charge is -2.07. The second kappa shape index (κ2) is 7.25. The maximum atomic E-state index is 6.04. The Morgan fingerprint density at radius 2 is 1.87 bits per heavy atom. The van der Waals surface area contributed by atoms with E-state index in [1.165, 1.54) is 0 Å². The molecule has 0 aliphatic heterocycles. The molecule has 4 nitrogen and oxygen atoms in total. The first-order valence-corrected chi connectivity index (χ1v) is 8.52. The van der Waals surface area contributed by atoms with Gasteiger partial charge in [-0.25, -0.2) is 0 Å². The molecule has 118 valence electrons. The van der Waals surface area contributed by atoms with Gasteiger partial charge in [-0.3, -0.25) is 4.57 Å². The summed E-state index contributed by atoms with van der Waals surface area (Å²) in [4.78, 5) is 0. The zero-order chi connectivity index (χ0) is 16.2. The van der Waals surface area contributed by atoms with Gasteiger partial charge in [0.05, 0.1) is 17.2 Å². The Morgan fingerprint density at radius 1 is 1.09 bits per heavy atom. The number of ether oxygens (including phenoxy) is 1. The van der Waals surface area contributed by atoms with Crippen molar-refractivity contribution in [2.45, 2.75) is 10.9 Å². The van der Waals surface area contributed by atoms with Gasteiger partial charge in [-0.05, 0) is 42.0 Å². The zero-order valence-corrected chi connectivity index (χ0v) is 14.6. The summed E-state index contributed by atoms with van der Waals surface area (Å²) in [6, 6.07) is 13.4. The summed E-state index contributed by atoms with van der Waals surface area (Å²) in [6.07, 6.45) is 1.69. The number of hydrogen-bond acceptors (Lipinski definition) is 4. The summed E-state index contributed by atoms with van der Waals surface area (Å²) < 4.78 is 7.11. The summed E-state index contributed by atoms with van der Waals surface area (Å²) in [7, 11) is 1.65. The number of rotatable bonds is 5. The van der Waals surface area contributed by atoms with Crippen molar-refractivity contribution in [3.63, 3.8) is 0 Å². The van der Waals surface area contributed by atoms with Crippen LogP contribution in [0.25, 0.3) is 5.69 Å². The van der Waals surface area contributed by atoms with Crippen LogP contribution in [0.1, 0.15) is 5.56 Å². The van der Waals surface area contributed by atoms with Crippen LogP contribution in [0.15, 0.2) is 53.9 Å².